The van der Waals surface area contributed by atoms with Gasteiger partial charge in [0, 0.05) is 18.1 Å². The van der Waals surface area contributed by atoms with Gasteiger partial charge in [-0.05, 0) is 54.6 Å². The summed E-state index contributed by atoms with van der Waals surface area (Å²) in [5.41, 5.74) is 0.922. The Bertz CT molecular complexity index is 787. The molecule has 1 N–H and O–H groups in total. The fraction of sp³-hybridized carbons (Fsp3) is 0.118. The molecule has 2 rings (SSSR count). The molecule has 0 heterocycles. The summed E-state index contributed by atoms with van der Waals surface area (Å²) in [6, 6.07) is 10.0. The summed E-state index contributed by atoms with van der Waals surface area (Å²) in [6.45, 7) is 0. The molecule has 0 bridgehead atoms. The quantitative estimate of drug-likeness (QED) is 0.439. The molecule has 4 nitrogen and oxygen atoms in total. The maximum Gasteiger partial charge on any atom is 0.573 e. The van der Waals surface area contributed by atoms with Crippen molar-refractivity contribution in [3.05, 3.63) is 60.8 Å². The van der Waals surface area contributed by atoms with Gasteiger partial charge in [0.15, 0.2) is 0 Å². The highest BCUT2D eigenvalue weighted by molar-refractivity contribution is 5.85. The highest BCUT2D eigenvalue weighted by Crippen LogP contribution is 2.25. The zero-order valence-corrected chi connectivity index (χ0v) is 14.6. The van der Waals surface area contributed by atoms with E-state index in [1.54, 1.807) is 0 Å². The Labute approximate surface area is 161 Å². The number of halogens is 7. The van der Waals surface area contributed by atoms with Crippen molar-refractivity contribution in [2.24, 2.45) is 4.99 Å². The summed E-state index contributed by atoms with van der Waals surface area (Å²) >= 11 is 0. The third-order valence-electron chi connectivity index (χ3n) is 2.81. The molecule has 2 aromatic carbocycles. The van der Waals surface area contributed by atoms with Crippen molar-refractivity contribution < 1.29 is 35.8 Å². The largest absolute Gasteiger partial charge is 0.573 e. The van der Waals surface area contributed by atoms with Crippen LogP contribution in [0.4, 0.5) is 37.7 Å². The van der Waals surface area contributed by atoms with Gasteiger partial charge in [0.1, 0.15) is 11.5 Å². The van der Waals surface area contributed by atoms with Gasteiger partial charge >= 0.3 is 12.7 Å². The molecule has 0 aliphatic rings. The number of aliphatic imine (C=N–C) groups is 1. The van der Waals surface area contributed by atoms with E-state index < -0.39 is 12.7 Å². The molecular weight excluding hydrogens is 414 g/mol. The lowest BCUT2D eigenvalue weighted by atomic mass is 10.3. The van der Waals surface area contributed by atoms with Crippen molar-refractivity contribution in [3.8, 4) is 11.5 Å². The molecule has 0 spiro atoms. The van der Waals surface area contributed by atoms with Crippen LogP contribution in [0, 0.1) is 0 Å². The molecule has 0 saturated carbocycles. The maximum atomic E-state index is 12.0. The number of benzene rings is 2. The van der Waals surface area contributed by atoms with E-state index in [0.717, 1.165) is 24.3 Å². The molecule has 11 heteroatoms. The average Bonchev–Trinajstić information content (AvgIpc) is 2.55. The minimum atomic E-state index is -4.75. The zero-order chi connectivity index (χ0) is 19.9. The van der Waals surface area contributed by atoms with E-state index in [4.69, 9.17) is 0 Å². The number of anilines is 1. The second kappa shape index (κ2) is 9.88. The molecule has 0 amide bonds. The van der Waals surface area contributed by atoms with Gasteiger partial charge in [0.2, 0.25) is 0 Å². The van der Waals surface area contributed by atoms with Gasteiger partial charge in [-0.3, -0.25) is 4.99 Å². The first-order valence-electron chi connectivity index (χ1n) is 7.28. The molecule has 0 radical (unpaired) electrons. The molecule has 0 atom stereocenters. The Hall–Kier alpha value is -2.88. The van der Waals surface area contributed by atoms with Crippen LogP contribution in [-0.2, 0) is 0 Å². The van der Waals surface area contributed by atoms with Crippen LogP contribution in [-0.4, -0.2) is 18.9 Å². The molecule has 0 aliphatic heterocycles. The van der Waals surface area contributed by atoms with Crippen LogP contribution in [0.1, 0.15) is 0 Å². The van der Waals surface area contributed by atoms with Crippen molar-refractivity contribution in [1.29, 1.82) is 0 Å². The average molecular weight is 427 g/mol. The number of ether oxygens (including phenoxy) is 2. The number of hydrogen-bond donors (Lipinski definition) is 1. The number of nitrogens with zero attached hydrogens (tertiary/aromatic N) is 1. The maximum absolute atomic E-state index is 12.0. The second-order valence-electron chi connectivity index (χ2n) is 4.90. The second-order valence-corrected chi connectivity index (χ2v) is 4.90. The Morgan fingerprint density at radius 3 is 1.68 bits per heavy atom. The highest BCUT2D eigenvalue weighted by atomic mass is 35.5. The minimum Gasteiger partial charge on any atom is -0.406 e. The third kappa shape index (κ3) is 9.17. The van der Waals surface area contributed by atoms with Gasteiger partial charge in [-0.2, -0.15) is 0 Å². The first-order chi connectivity index (χ1) is 12.6. The molecule has 28 heavy (non-hydrogen) atoms. The molecule has 0 saturated heterocycles. The SMILES string of the molecule is Cl.FC(F)(F)Oc1ccc(N=CC=CNc2ccc(OC(F)(F)F)cc2)cc1. The fourth-order valence-corrected chi connectivity index (χ4v) is 1.80. The Kier molecular flexibility index (Phi) is 8.17. The van der Waals surface area contributed by atoms with Crippen molar-refractivity contribution >= 4 is 30.0 Å². The molecule has 0 aromatic heterocycles. The summed E-state index contributed by atoms with van der Waals surface area (Å²) in [5.74, 6) is -0.687. The van der Waals surface area contributed by atoms with E-state index in [0.29, 0.717) is 11.4 Å². The van der Waals surface area contributed by atoms with Crippen LogP contribution < -0.4 is 14.8 Å². The molecule has 0 unspecified atom stereocenters. The van der Waals surface area contributed by atoms with E-state index in [1.165, 1.54) is 42.8 Å². The van der Waals surface area contributed by atoms with Gasteiger partial charge in [-0.1, -0.05) is 0 Å². The summed E-state index contributed by atoms with van der Waals surface area (Å²) < 4.78 is 79.7. The van der Waals surface area contributed by atoms with Crippen LogP contribution >= 0.6 is 12.4 Å². The lowest BCUT2D eigenvalue weighted by Gasteiger charge is -2.09. The first kappa shape index (κ1) is 23.2. The van der Waals surface area contributed by atoms with Crippen LogP contribution in [0.5, 0.6) is 11.5 Å². The predicted octanol–water partition coefficient (Wildman–Crippen LogP) is 6.23. The minimum absolute atomic E-state index is 0. The fourth-order valence-electron chi connectivity index (χ4n) is 1.80. The summed E-state index contributed by atoms with van der Waals surface area (Å²) in [5, 5.41) is 2.80. The molecule has 0 fully saturated rings. The number of allylic oxidation sites excluding steroid dienone is 1. The zero-order valence-electron chi connectivity index (χ0n) is 13.8. The van der Waals surface area contributed by atoms with Gasteiger partial charge in [0.05, 0.1) is 5.69 Å². The summed E-state index contributed by atoms with van der Waals surface area (Å²) in [4.78, 5) is 4.00. The van der Waals surface area contributed by atoms with Gasteiger partial charge in [-0.15, -0.1) is 38.7 Å². The van der Waals surface area contributed by atoms with E-state index in [9.17, 15) is 26.3 Å². The molecule has 0 aliphatic carbocycles. The Morgan fingerprint density at radius 1 is 0.750 bits per heavy atom. The third-order valence-corrected chi connectivity index (χ3v) is 2.81. The highest BCUT2D eigenvalue weighted by Gasteiger charge is 2.31. The lowest BCUT2D eigenvalue weighted by molar-refractivity contribution is -0.275. The van der Waals surface area contributed by atoms with Crippen molar-refractivity contribution in [2.45, 2.75) is 12.7 Å². The van der Waals surface area contributed by atoms with E-state index >= 15 is 0 Å². The molecule has 2 aromatic rings. The normalized spacial score (nSPS) is 12.1. The van der Waals surface area contributed by atoms with Gasteiger partial charge in [-0.25, -0.2) is 0 Å². The standard InChI is InChI=1S/C17H12F6N2O2.ClH/c18-16(19,20)26-14-6-2-12(3-7-14)24-10-1-11-25-13-4-8-15(9-5-13)27-17(21,22)23;/h1-11,24H;1H. The predicted molar refractivity (Wildman–Crippen MR) is 94.4 cm³/mol. The molecule has 152 valence electrons. The van der Waals surface area contributed by atoms with Crippen LogP contribution in [0.15, 0.2) is 65.8 Å². The van der Waals surface area contributed by atoms with Crippen molar-refractivity contribution in [1.82, 2.24) is 0 Å². The van der Waals surface area contributed by atoms with E-state index in [-0.39, 0.29) is 23.9 Å². The van der Waals surface area contributed by atoms with Crippen LogP contribution in [0.2, 0.25) is 0 Å². The van der Waals surface area contributed by atoms with Crippen molar-refractivity contribution in [2.75, 3.05) is 5.32 Å². The van der Waals surface area contributed by atoms with Gasteiger partial charge in [0.25, 0.3) is 0 Å². The smallest absolute Gasteiger partial charge is 0.406 e. The Morgan fingerprint density at radius 2 is 1.21 bits per heavy atom. The first-order valence-corrected chi connectivity index (χ1v) is 7.28. The van der Waals surface area contributed by atoms with Gasteiger partial charge < -0.3 is 14.8 Å². The number of alkyl halides is 6. The lowest BCUT2D eigenvalue weighted by Crippen LogP contribution is -2.16. The van der Waals surface area contributed by atoms with E-state index in [2.05, 4.69) is 19.8 Å². The summed E-state index contributed by atoms with van der Waals surface area (Å²) in [7, 11) is 0. The number of rotatable bonds is 6. The van der Waals surface area contributed by atoms with Crippen LogP contribution in [0.25, 0.3) is 0 Å². The topological polar surface area (TPSA) is 42.8 Å². The van der Waals surface area contributed by atoms with Crippen LogP contribution in [0.3, 0.4) is 0 Å². The number of nitrogens with one attached hydrogen (secondary N) is 1. The van der Waals surface area contributed by atoms with E-state index in [1.807, 2.05) is 0 Å². The van der Waals surface area contributed by atoms with Crippen molar-refractivity contribution in [3.63, 3.8) is 0 Å². The summed E-state index contributed by atoms with van der Waals surface area (Å²) in [6.07, 6.45) is -5.14. The Balaban J connectivity index is 0.00000392. The molecular formula is C17H13ClF6N2O2. The monoisotopic (exact) mass is 426 g/mol. The number of hydrogen-bond acceptors (Lipinski definition) is 4.